The monoisotopic (exact) mass is 324 g/mol. The van der Waals surface area contributed by atoms with Crippen molar-refractivity contribution in [3.8, 4) is 5.75 Å². The molecule has 3 nitrogen and oxygen atoms in total. The topological polar surface area (TPSA) is 24.8 Å². The van der Waals surface area contributed by atoms with Gasteiger partial charge in [0.15, 0.2) is 0 Å². The first-order valence-corrected chi connectivity index (χ1v) is 8.73. The number of hydrogen-bond acceptors (Lipinski definition) is 3. The van der Waals surface area contributed by atoms with Crippen molar-refractivity contribution < 1.29 is 4.74 Å². The minimum Gasteiger partial charge on any atom is -0.494 e. The van der Waals surface area contributed by atoms with Gasteiger partial charge in [-0.3, -0.25) is 4.99 Å². The fraction of sp³-hybridized carbons (Fsp3) is 0.381. The van der Waals surface area contributed by atoms with E-state index in [4.69, 9.17) is 4.74 Å². The van der Waals surface area contributed by atoms with Crippen LogP contribution >= 0.6 is 0 Å². The Morgan fingerprint density at radius 1 is 0.917 bits per heavy atom. The zero-order chi connectivity index (χ0) is 17.2. The first-order chi connectivity index (χ1) is 11.7. The normalized spacial score (nSPS) is 11.0. The number of nitrogens with zero attached hydrogens (tertiary/aromatic N) is 2. The Morgan fingerprint density at radius 2 is 1.62 bits per heavy atom. The molecule has 0 heterocycles. The molecule has 0 spiro atoms. The van der Waals surface area contributed by atoms with Gasteiger partial charge in [-0.15, -0.1) is 0 Å². The lowest BCUT2D eigenvalue weighted by Gasteiger charge is -2.11. The molecule has 0 unspecified atom stereocenters. The van der Waals surface area contributed by atoms with Gasteiger partial charge in [-0.05, 0) is 60.5 Å². The van der Waals surface area contributed by atoms with Crippen LogP contribution in [0.2, 0.25) is 0 Å². The van der Waals surface area contributed by atoms with Crippen molar-refractivity contribution in [3.63, 3.8) is 0 Å². The highest BCUT2D eigenvalue weighted by Crippen LogP contribution is 2.18. The van der Waals surface area contributed by atoms with E-state index in [-0.39, 0.29) is 0 Å². The standard InChI is InChI=1S/C21H28N2O/c1-4-5-6-7-16-24-21-14-8-18(9-15-21)17-22-19-10-12-20(13-11-19)23(2)3/h8-15,17H,4-7,16H2,1-3H3. The number of anilines is 1. The van der Waals surface area contributed by atoms with Crippen LogP contribution in [0.25, 0.3) is 0 Å². The second-order valence-electron chi connectivity index (χ2n) is 6.15. The van der Waals surface area contributed by atoms with E-state index in [0.29, 0.717) is 0 Å². The summed E-state index contributed by atoms with van der Waals surface area (Å²) in [6, 6.07) is 16.3. The molecule has 0 amide bonds. The maximum absolute atomic E-state index is 5.76. The summed E-state index contributed by atoms with van der Waals surface area (Å²) in [5, 5.41) is 0. The second-order valence-corrected chi connectivity index (χ2v) is 6.15. The van der Waals surface area contributed by atoms with Gasteiger partial charge in [-0.25, -0.2) is 0 Å². The first-order valence-electron chi connectivity index (χ1n) is 8.73. The van der Waals surface area contributed by atoms with E-state index in [2.05, 4.69) is 28.9 Å². The van der Waals surface area contributed by atoms with Crippen molar-refractivity contribution in [2.45, 2.75) is 32.6 Å². The molecule has 0 bridgehead atoms. The van der Waals surface area contributed by atoms with Crippen LogP contribution in [-0.2, 0) is 0 Å². The molecule has 0 aliphatic rings. The van der Waals surface area contributed by atoms with Gasteiger partial charge < -0.3 is 9.64 Å². The number of unbranched alkanes of at least 4 members (excludes halogenated alkanes) is 3. The average Bonchev–Trinajstić information content (AvgIpc) is 2.61. The molecule has 0 atom stereocenters. The van der Waals surface area contributed by atoms with Crippen molar-refractivity contribution in [2.75, 3.05) is 25.6 Å². The lowest BCUT2D eigenvalue weighted by atomic mass is 10.2. The second kappa shape index (κ2) is 9.76. The number of hydrogen-bond donors (Lipinski definition) is 0. The van der Waals surface area contributed by atoms with Gasteiger partial charge in [-0.1, -0.05) is 26.2 Å². The fourth-order valence-corrected chi connectivity index (χ4v) is 2.35. The summed E-state index contributed by atoms with van der Waals surface area (Å²) in [6.45, 7) is 3.02. The molecule has 0 fully saturated rings. The Morgan fingerprint density at radius 3 is 2.25 bits per heavy atom. The molecule has 0 aliphatic carbocycles. The van der Waals surface area contributed by atoms with Gasteiger partial charge >= 0.3 is 0 Å². The minimum atomic E-state index is 0.797. The van der Waals surface area contributed by atoms with Crippen LogP contribution in [0, 0.1) is 0 Å². The van der Waals surface area contributed by atoms with Gasteiger partial charge in [0.05, 0.1) is 12.3 Å². The van der Waals surface area contributed by atoms with Gasteiger partial charge in [-0.2, -0.15) is 0 Å². The molecule has 0 radical (unpaired) electrons. The molecular weight excluding hydrogens is 296 g/mol. The Hall–Kier alpha value is -2.29. The lowest BCUT2D eigenvalue weighted by molar-refractivity contribution is 0.305. The summed E-state index contributed by atoms with van der Waals surface area (Å²) in [5.41, 5.74) is 3.20. The highest BCUT2D eigenvalue weighted by molar-refractivity contribution is 5.82. The van der Waals surface area contributed by atoms with Crippen molar-refractivity contribution in [1.29, 1.82) is 0 Å². The largest absolute Gasteiger partial charge is 0.494 e. The average molecular weight is 324 g/mol. The molecule has 3 heteroatoms. The van der Waals surface area contributed by atoms with Crippen LogP contribution in [0.4, 0.5) is 11.4 Å². The van der Waals surface area contributed by atoms with Crippen LogP contribution in [0.1, 0.15) is 38.2 Å². The van der Waals surface area contributed by atoms with Crippen LogP contribution in [-0.4, -0.2) is 26.9 Å². The van der Waals surface area contributed by atoms with E-state index in [1.54, 1.807) is 0 Å². The summed E-state index contributed by atoms with van der Waals surface area (Å²) >= 11 is 0. The van der Waals surface area contributed by atoms with E-state index in [9.17, 15) is 0 Å². The highest BCUT2D eigenvalue weighted by atomic mass is 16.5. The lowest BCUT2D eigenvalue weighted by Crippen LogP contribution is -2.07. The SMILES string of the molecule is CCCCCCOc1ccc(C=Nc2ccc(N(C)C)cc2)cc1. The Labute approximate surface area is 146 Å². The maximum atomic E-state index is 5.76. The molecule has 2 aromatic rings. The number of aliphatic imine (C=N–C) groups is 1. The smallest absolute Gasteiger partial charge is 0.119 e. The van der Waals surface area contributed by atoms with Crippen molar-refractivity contribution >= 4 is 17.6 Å². The van der Waals surface area contributed by atoms with Gasteiger partial charge in [0.1, 0.15) is 5.75 Å². The highest BCUT2D eigenvalue weighted by Gasteiger charge is 1.96. The number of benzene rings is 2. The molecule has 0 aliphatic heterocycles. The van der Waals surface area contributed by atoms with Gasteiger partial charge in [0.25, 0.3) is 0 Å². The fourth-order valence-electron chi connectivity index (χ4n) is 2.35. The summed E-state index contributed by atoms with van der Waals surface area (Å²) in [7, 11) is 4.07. The number of ether oxygens (including phenoxy) is 1. The summed E-state index contributed by atoms with van der Waals surface area (Å²) in [4.78, 5) is 6.60. The van der Waals surface area contributed by atoms with Crippen LogP contribution < -0.4 is 9.64 Å². The third kappa shape index (κ3) is 6.07. The van der Waals surface area contributed by atoms with Crippen LogP contribution in [0.5, 0.6) is 5.75 Å². The minimum absolute atomic E-state index is 0.797. The molecular formula is C21H28N2O. The molecule has 0 saturated heterocycles. The molecule has 0 N–H and O–H groups in total. The summed E-state index contributed by atoms with van der Waals surface area (Å²) in [5.74, 6) is 0.930. The van der Waals surface area contributed by atoms with Crippen molar-refractivity contribution in [3.05, 3.63) is 54.1 Å². The van der Waals surface area contributed by atoms with E-state index < -0.39 is 0 Å². The van der Waals surface area contributed by atoms with Crippen molar-refractivity contribution in [1.82, 2.24) is 0 Å². The van der Waals surface area contributed by atoms with E-state index in [0.717, 1.165) is 30.0 Å². The van der Waals surface area contributed by atoms with E-state index >= 15 is 0 Å². The van der Waals surface area contributed by atoms with Gasteiger partial charge in [0.2, 0.25) is 0 Å². The molecule has 128 valence electrons. The van der Waals surface area contributed by atoms with E-state index in [1.807, 2.05) is 56.7 Å². The van der Waals surface area contributed by atoms with Gasteiger partial charge in [0, 0.05) is 26.0 Å². The molecule has 0 aromatic heterocycles. The third-order valence-electron chi connectivity index (χ3n) is 3.88. The number of rotatable bonds is 9. The molecule has 24 heavy (non-hydrogen) atoms. The van der Waals surface area contributed by atoms with Crippen molar-refractivity contribution in [2.24, 2.45) is 4.99 Å². The zero-order valence-electron chi connectivity index (χ0n) is 15.0. The zero-order valence-corrected chi connectivity index (χ0v) is 15.0. The Bertz CT molecular complexity index is 615. The molecule has 2 rings (SSSR count). The Balaban J connectivity index is 1.84. The summed E-state index contributed by atoms with van der Waals surface area (Å²) < 4.78 is 5.76. The van der Waals surface area contributed by atoms with E-state index in [1.165, 1.54) is 24.9 Å². The Kier molecular flexibility index (Phi) is 7.34. The van der Waals surface area contributed by atoms with Crippen LogP contribution in [0.3, 0.4) is 0 Å². The predicted molar refractivity (Wildman–Crippen MR) is 104 cm³/mol. The third-order valence-corrected chi connectivity index (χ3v) is 3.88. The first kappa shape index (κ1) is 18.1. The summed E-state index contributed by atoms with van der Waals surface area (Å²) in [6.07, 6.45) is 6.80. The predicted octanol–water partition coefficient (Wildman–Crippen LogP) is 5.46. The molecule has 2 aromatic carbocycles. The molecule has 0 saturated carbocycles. The quantitative estimate of drug-likeness (QED) is 0.452. The van der Waals surface area contributed by atoms with Crippen LogP contribution in [0.15, 0.2) is 53.5 Å². The maximum Gasteiger partial charge on any atom is 0.119 e.